The third-order valence-corrected chi connectivity index (χ3v) is 2.51. The van der Waals surface area contributed by atoms with Crippen LogP contribution in [0.5, 0.6) is 5.75 Å². The fourth-order valence-corrected chi connectivity index (χ4v) is 1.66. The Kier molecular flexibility index (Phi) is 6.11. The van der Waals surface area contributed by atoms with E-state index in [1.54, 1.807) is 24.3 Å². The molecule has 0 amide bonds. The van der Waals surface area contributed by atoms with Crippen LogP contribution in [0.15, 0.2) is 24.3 Å². The standard InChI is InChI=1S/C13H18F3NO2/c1-3-17-8-12(19-9-13(14,15)16)10-6-4-5-7-11(10)18-2/h4-7,12,17H,3,8-9H2,1-2H3. The van der Waals surface area contributed by atoms with Gasteiger partial charge in [0.1, 0.15) is 12.4 Å². The maximum absolute atomic E-state index is 12.3. The number of benzene rings is 1. The molecule has 108 valence electrons. The summed E-state index contributed by atoms with van der Waals surface area (Å²) in [5, 5.41) is 2.99. The summed E-state index contributed by atoms with van der Waals surface area (Å²) in [6.45, 7) is 1.55. The van der Waals surface area contributed by atoms with Crippen molar-refractivity contribution in [2.24, 2.45) is 0 Å². The van der Waals surface area contributed by atoms with E-state index in [-0.39, 0.29) is 0 Å². The maximum Gasteiger partial charge on any atom is 0.411 e. The van der Waals surface area contributed by atoms with Crippen LogP contribution < -0.4 is 10.1 Å². The molecule has 1 N–H and O–H groups in total. The van der Waals surface area contributed by atoms with E-state index >= 15 is 0 Å². The van der Waals surface area contributed by atoms with Crippen LogP contribution in [-0.4, -0.2) is 33.0 Å². The molecule has 0 aliphatic heterocycles. The lowest BCUT2D eigenvalue weighted by atomic mass is 10.1. The molecule has 19 heavy (non-hydrogen) atoms. The van der Waals surface area contributed by atoms with Gasteiger partial charge in [0.15, 0.2) is 0 Å². The first kappa shape index (κ1) is 15.8. The average Bonchev–Trinajstić information content (AvgIpc) is 2.38. The molecule has 0 aromatic heterocycles. The van der Waals surface area contributed by atoms with Gasteiger partial charge in [-0.1, -0.05) is 25.1 Å². The first-order chi connectivity index (χ1) is 8.98. The third kappa shape index (κ3) is 5.48. The Morgan fingerprint density at radius 2 is 1.95 bits per heavy atom. The highest BCUT2D eigenvalue weighted by atomic mass is 19.4. The van der Waals surface area contributed by atoms with Crippen LogP contribution >= 0.6 is 0 Å². The number of hydrogen-bond acceptors (Lipinski definition) is 3. The van der Waals surface area contributed by atoms with Crippen molar-refractivity contribution < 1.29 is 22.6 Å². The number of halogens is 3. The van der Waals surface area contributed by atoms with Crippen LogP contribution in [-0.2, 0) is 4.74 Å². The minimum atomic E-state index is -4.34. The molecular weight excluding hydrogens is 259 g/mol. The van der Waals surface area contributed by atoms with Crippen molar-refractivity contribution in [1.82, 2.24) is 5.32 Å². The molecule has 0 aliphatic carbocycles. The van der Waals surface area contributed by atoms with Crippen LogP contribution in [0.2, 0.25) is 0 Å². The normalized spacial score (nSPS) is 13.3. The topological polar surface area (TPSA) is 30.5 Å². The summed E-state index contributed by atoms with van der Waals surface area (Å²) in [7, 11) is 1.48. The van der Waals surface area contributed by atoms with Gasteiger partial charge in [0, 0.05) is 12.1 Å². The van der Waals surface area contributed by atoms with Crippen LogP contribution in [0.4, 0.5) is 13.2 Å². The molecular formula is C13H18F3NO2. The average molecular weight is 277 g/mol. The van der Waals surface area contributed by atoms with Crippen LogP contribution in [0, 0.1) is 0 Å². The Morgan fingerprint density at radius 1 is 1.26 bits per heavy atom. The van der Waals surface area contributed by atoms with Gasteiger partial charge in [0.2, 0.25) is 0 Å². The monoisotopic (exact) mass is 277 g/mol. The van der Waals surface area contributed by atoms with Crippen molar-refractivity contribution in [1.29, 1.82) is 0 Å². The Hall–Kier alpha value is -1.27. The van der Waals surface area contributed by atoms with Crippen molar-refractivity contribution in [2.75, 3.05) is 26.8 Å². The van der Waals surface area contributed by atoms with Gasteiger partial charge in [0.25, 0.3) is 0 Å². The molecule has 1 aromatic rings. The molecule has 6 heteroatoms. The van der Waals surface area contributed by atoms with E-state index < -0.39 is 18.9 Å². The molecule has 0 spiro atoms. The SMILES string of the molecule is CCNCC(OCC(F)(F)F)c1ccccc1OC. The Morgan fingerprint density at radius 3 is 2.53 bits per heavy atom. The van der Waals surface area contributed by atoms with Gasteiger partial charge in [0.05, 0.1) is 13.2 Å². The molecule has 1 unspecified atom stereocenters. The fraction of sp³-hybridized carbons (Fsp3) is 0.538. The van der Waals surface area contributed by atoms with Crippen LogP contribution in [0.25, 0.3) is 0 Å². The third-order valence-electron chi connectivity index (χ3n) is 2.51. The molecule has 0 heterocycles. The smallest absolute Gasteiger partial charge is 0.411 e. The van der Waals surface area contributed by atoms with Crippen molar-refractivity contribution in [3.05, 3.63) is 29.8 Å². The van der Waals surface area contributed by atoms with E-state index in [1.807, 2.05) is 6.92 Å². The van der Waals surface area contributed by atoms with Gasteiger partial charge >= 0.3 is 6.18 Å². The number of methoxy groups -OCH3 is 1. The number of nitrogens with one attached hydrogen (secondary N) is 1. The molecule has 0 saturated heterocycles. The Labute approximate surface area is 110 Å². The van der Waals surface area contributed by atoms with E-state index in [1.165, 1.54) is 7.11 Å². The van der Waals surface area contributed by atoms with Crippen LogP contribution in [0.3, 0.4) is 0 Å². The van der Waals surface area contributed by atoms with Gasteiger partial charge in [-0.25, -0.2) is 0 Å². The van der Waals surface area contributed by atoms with Crippen molar-refractivity contribution in [3.8, 4) is 5.75 Å². The maximum atomic E-state index is 12.3. The van der Waals surface area contributed by atoms with E-state index in [0.717, 1.165) is 0 Å². The molecule has 0 bridgehead atoms. The zero-order valence-corrected chi connectivity index (χ0v) is 11.0. The summed E-state index contributed by atoms with van der Waals surface area (Å²) in [5.74, 6) is 0.521. The van der Waals surface area contributed by atoms with E-state index in [4.69, 9.17) is 9.47 Å². The van der Waals surface area contributed by atoms with Gasteiger partial charge in [-0.3, -0.25) is 0 Å². The molecule has 0 fully saturated rings. The number of rotatable bonds is 7. The molecule has 1 aromatic carbocycles. The lowest BCUT2D eigenvalue weighted by Crippen LogP contribution is -2.27. The summed E-state index contributed by atoms with van der Waals surface area (Å²) < 4.78 is 46.9. The zero-order valence-electron chi connectivity index (χ0n) is 11.0. The molecule has 0 radical (unpaired) electrons. The first-order valence-corrected chi connectivity index (χ1v) is 6.00. The van der Waals surface area contributed by atoms with Crippen molar-refractivity contribution in [3.63, 3.8) is 0 Å². The van der Waals surface area contributed by atoms with Gasteiger partial charge in [-0.05, 0) is 12.6 Å². The minimum absolute atomic E-state index is 0.299. The number of para-hydroxylation sites is 1. The van der Waals surface area contributed by atoms with Gasteiger partial charge < -0.3 is 14.8 Å². The number of hydrogen-bond donors (Lipinski definition) is 1. The quantitative estimate of drug-likeness (QED) is 0.831. The van der Waals surface area contributed by atoms with Gasteiger partial charge in [-0.15, -0.1) is 0 Å². The minimum Gasteiger partial charge on any atom is -0.496 e. The lowest BCUT2D eigenvalue weighted by molar-refractivity contribution is -0.185. The van der Waals surface area contributed by atoms with Gasteiger partial charge in [-0.2, -0.15) is 13.2 Å². The zero-order chi connectivity index (χ0) is 14.3. The van der Waals surface area contributed by atoms with Crippen molar-refractivity contribution in [2.45, 2.75) is 19.2 Å². The Balaban J connectivity index is 2.82. The Bertz CT molecular complexity index is 382. The molecule has 3 nitrogen and oxygen atoms in total. The van der Waals surface area contributed by atoms with E-state index in [2.05, 4.69) is 5.32 Å². The number of alkyl halides is 3. The summed E-state index contributed by atoms with van der Waals surface area (Å²) in [6, 6.07) is 6.91. The molecule has 1 rings (SSSR count). The molecule has 0 aliphatic rings. The second kappa shape index (κ2) is 7.35. The number of likely N-dealkylation sites (N-methyl/N-ethyl adjacent to an activating group) is 1. The predicted octanol–water partition coefficient (Wildman–Crippen LogP) is 2.92. The van der Waals surface area contributed by atoms with Crippen molar-refractivity contribution >= 4 is 0 Å². The largest absolute Gasteiger partial charge is 0.496 e. The summed E-state index contributed by atoms with van der Waals surface area (Å²) >= 11 is 0. The second-order valence-electron chi connectivity index (χ2n) is 3.96. The predicted molar refractivity (Wildman–Crippen MR) is 66.3 cm³/mol. The molecule has 1 atom stereocenters. The lowest BCUT2D eigenvalue weighted by Gasteiger charge is -2.21. The summed E-state index contributed by atoms with van der Waals surface area (Å²) in [5.41, 5.74) is 0.607. The summed E-state index contributed by atoms with van der Waals surface area (Å²) in [6.07, 6.45) is -5.04. The number of ether oxygens (including phenoxy) is 2. The highest BCUT2D eigenvalue weighted by Gasteiger charge is 2.30. The highest BCUT2D eigenvalue weighted by molar-refractivity contribution is 5.35. The first-order valence-electron chi connectivity index (χ1n) is 6.00. The van der Waals surface area contributed by atoms with Crippen LogP contribution in [0.1, 0.15) is 18.6 Å². The summed E-state index contributed by atoms with van der Waals surface area (Å²) in [4.78, 5) is 0. The fourth-order valence-electron chi connectivity index (χ4n) is 1.66. The van der Waals surface area contributed by atoms with E-state index in [0.29, 0.717) is 24.4 Å². The molecule has 0 saturated carbocycles. The second-order valence-corrected chi connectivity index (χ2v) is 3.96. The highest BCUT2D eigenvalue weighted by Crippen LogP contribution is 2.28. The van der Waals surface area contributed by atoms with E-state index in [9.17, 15) is 13.2 Å².